The van der Waals surface area contributed by atoms with Gasteiger partial charge in [-0.2, -0.15) is 0 Å². The van der Waals surface area contributed by atoms with Gasteiger partial charge in [-0.25, -0.2) is 4.39 Å². The molecule has 0 fully saturated rings. The zero-order chi connectivity index (χ0) is 17.1. The van der Waals surface area contributed by atoms with Crippen molar-refractivity contribution in [1.29, 1.82) is 0 Å². The zero-order valence-electron chi connectivity index (χ0n) is 12.6. The second-order valence-electron chi connectivity index (χ2n) is 5.28. The van der Waals surface area contributed by atoms with E-state index in [0.29, 0.717) is 5.56 Å². The molecular formula is C17H14FN3O3. The number of hydrogen-bond donors (Lipinski definition) is 3. The van der Waals surface area contributed by atoms with Gasteiger partial charge >= 0.3 is 0 Å². The summed E-state index contributed by atoms with van der Waals surface area (Å²) >= 11 is 0. The molecule has 3 N–H and O–H groups in total. The maximum Gasteiger partial charge on any atom is 0.272 e. The summed E-state index contributed by atoms with van der Waals surface area (Å²) < 4.78 is 13.6. The average molecular weight is 327 g/mol. The number of amides is 1. The van der Waals surface area contributed by atoms with E-state index in [1.165, 1.54) is 18.2 Å². The Morgan fingerprint density at radius 2 is 1.75 bits per heavy atom. The Bertz CT molecular complexity index is 1020. The lowest BCUT2D eigenvalue weighted by Crippen LogP contribution is -2.21. The molecule has 3 aromatic rings. The lowest BCUT2D eigenvalue weighted by atomic mass is 10.1. The van der Waals surface area contributed by atoms with Crippen LogP contribution < -0.4 is 16.4 Å². The van der Waals surface area contributed by atoms with Crippen LogP contribution >= 0.6 is 0 Å². The number of carbonyl (C=O) groups excluding carboxylic acids is 1. The SMILES string of the molecule is O=C(CCc1ccccc1F)Nc1cccc2c(=O)[nH][nH]c(=O)c12. The molecule has 2 aromatic carbocycles. The number of aromatic nitrogens is 2. The van der Waals surface area contributed by atoms with Crippen molar-refractivity contribution in [3.05, 3.63) is 74.6 Å². The van der Waals surface area contributed by atoms with E-state index in [4.69, 9.17) is 0 Å². The minimum atomic E-state index is -0.505. The predicted molar refractivity (Wildman–Crippen MR) is 88.5 cm³/mol. The molecule has 0 spiro atoms. The third kappa shape index (κ3) is 3.10. The summed E-state index contributed by atoms with van der Waals surface area (Å²) in [6.45, 7) is 0. The van der Waals surface area contributed by atoms with E-state index in [0.717, 1.165) is 0 Å². The molecule has 1 heterocycles. The van der Waals surface area contributed by atoms with Gasteiger partial charge in [0.2, 0.25) is 5.91 Å². The molecule has 1 amide bonds. The number of aromatic amines is 2. The lowest BCUT2D eigenvalue weighted by molar-refractivity contribution is -0.116. The van der Waals surface area contributed by atoms with Gasteiger partial charge in [0.15, 0.2) is 0 Å². The van der Waals surface area contributed by atoms with Gasteiger partial charge in [-0.15, -0.1) is 0 Å². The number of rotatable bonds is 4. The van der Waals surface area contributed by atoms with Crippen LogP contribution in [0.5, 0.6) is 0 Å². The Kier molecular flexibility index (Phi) is 4.24. The van der Waals surface area contributed by atoms with Crippen LogP contribution in [0, 0.1) is 5.82 Å². The maximum absolute atomic E-state index is 13.6. The molecule has 0 saturated carbocycles. The van der Waals surface area contributed by atoms with Crippen LogP contribution in [-0.2, 0) is 11.2 Å². The van der Waals surface area contributed by atoms with E-state index in [9.17, 15) is 18.8 Å². The van der Waals surface area contributed by atoms with E-state index in [2.05, 4.69) is 15.5 Å². The number of halogens is 1. The van der Waals surface area contributed by atoms with E-state index in [-0.39, 0.29) is 41.0 Å². The standard InChI is InChI=1S/C17H14FN3O3/c18-12-6-2-1-4-10(12)8-9-14(22)19-13-7-3-5-11-15(13)17(24)21-20-16(11)23/h1-7H,8-9H2,(H,19,22)(H,20,23)(H,21,24). The van der Waals surface area contributed by atoms with Crippen LogP contribution in [0.15, 0.2) is 52.1 Å². The molecule has 6 nitrogen and oxygen atoms in total. The van der Waals surface area contributed by atoms with Gasteiger partial charge < -0.3 is 5.32 Å². The van der Waals surface area contributed by atoms with Crippen molar-refractivity contribution in [3.63, 3.8) is 0 Å². The lowest BCUT2D eigenvalue weighted by Gasteiger charge is -2.08. The Hall–Kier alpha value is -3.22. The van der Waals surface area contributed by atoms with Gasteiger partial charge in [-0.1, -0.05) is 24.3 Å². The fourth-order valence-electron chi connectivity index (χ4n) is 2.50. The third-order valence-corrected chi connectivity index (χ3v) is 3.68. The first-order valence-electron chi connectivity index (χ1n) is 7.33. The zero-order valence-corrected chi connectivity index (χ0v) is 12.6. The van der Waals surface area contributed by atoms with Crippen LogP contribution in [0.1, 0.15) is 12.0 Å². The van der Waals surface area contributed by atoms with E-state index < -0.39 is 11.1 Å². The highest BCUT2D eigenvalue weighted by molar-refractivity contribution is 6.01. The first-order valence-corrected chi connectivity index (χ1v) is 7.33. The van der Waals surface area contributed by atoms with Gasteiger partial charge in [0.25, 0.3) is 11.1 Å². The number of aryl methyl sites for hydroxylation is 1. The Balaban J connectivity index is 1.82. The van der Waals surface area contributed by atoms with Crippen LogP contribution in [0.3, 0.4) is 0 Å². The number of nitrogens with one attached hydrogen (secondary N) is 3. The van der Waals surface area contributed by atoms with Crippen molar-refractivity contribution >= 4 is 22.4 Å². The molecule has 1 aromatic heterocycles. The molecule has 122 valence electrons. The van der Waals surface area contributed by atoms with E-state index >= 15 is 0 Å². The summed E-state index contributed by atoms with van der Waals surface area (Å²) in [4.78, 5) is 35.8. The number of hydrogen-bond acceptors (Lipinski definition) is 3. The topological polar surface area (TPSA) is 94.8 Å². The molecule has 0 aliphatic heterocycles. The fraction of sp³-hybridized carbons (Fsp3) is 0.118. The molecule has 0 radical (unpaired) electrons. The Labute approximate surface area is 135 Å². The van der Waals surface area contributed by atoms with Gasteiger partial charge in [-0.05, 0) is 30.2 Å². The average Bonchev–Trinajstić information content (AvgIpc) is 2.57. The van der Waals surface area contributed by atoms with Crippen molar-refractivity contribution in [2.75, 3.05) is 5.32 Å². The number of carbonyl (C=O) groups is 1. The molecule has 0 aliphatic carbocycles. The van der Waals surface area contributed by atoms with Crippen LogP contribution in [0.25, 0.3) is 10.8 Å². The first kappa shape index (κ1) is 15.7. The smallest absolute Gasteiger partial charge is 0.272 e. The maximum atomic E-state index is 13.6. The summed E-state index contributed by atoms with van der Waals surface area (Å²) in [5.41, 5.74) is -0.264. The monoisotopic (exact) mass is 327 g/mol. The molecule has 0 saturated heterocycles. The summed E-state index contributed by atoms with van der Waals surface area (Å²) in [7, 11) is 0. The van der Waals surface area contributed by atoms with Crippen LogP contribution in [0.2, 0.25) is 0 Å². The highest BCUT2D eigenvalue weighted by Gasteiger charge is 2.11. The summed E-state index contributed by atoms with van der Waals surface area (Å²) in [5.74, 6) is -0.733. The van der Waals surface area contributed by atoms with E-state index in [1.54, 1.807) is 24.3 Å². The molecule has 0 bridgehead atoms. The number of fused-ring (bicyclic) bond motifs is 1. The second-order valence-corrected chi connectivity index (χ2v) is 5.28. The minimum Gasteiger partial charge on any atom is -0.325 e. The van der Waals surface area contributed by atoms with Crippen molar-refractivity contribution < 1.29 is 9.18 Å². The quantitative estimate of drug-likeness (QED) is 0.683. The third-order valence-electron chi connectivity index (χ3n) is 3.68. The van der Waals surface area contributed by atoms with Crippen molar-refractivity contribution in [2.24, 2.45) is 0 Å². The van der Waals surface area contributed by atoms with Gasteiger partial charge in [-0.3, -0.25) is 24.6 Å². The minimum absolute atomic E-state index is 0.0540. The second kappa shape index (κ2) is 6.49. The van der Waals surface area contributed by atoms with Gasteiger partial charge in [0.05, 0.1) is 16.5 Å². The number of benzene rings is 2. The Morgan fingerprint density at radius 3 is 2.54 bits per heavy atom. The number of anilines is 1. The molecule has 3 rings (SSSR count). The normalized spacial score (nSPS) is 10.7. The predicted octanol–water partition coefficient (Wildman–Crippen LogP) is 1.93. The van der Waals surface area contributed by atoms with Crippen LogP contribution in [-0.4, -0.2) is 16.1 Å². The van der Waals surface area contributed by atoms with Crippen LogP contribution in [0.4, 0.5) is 10.1 Å². The molecule has 0 unspecified atom stereocenters. The molecular weight excluding hydrogens is 313 g/mol. The summed E-state index contributed by atoms with van der Waals surface area (Å²) in [6.07, 6.45) is 0.290. The van der Waals surface area contributed by atoms with Gasteiger partial charge in [0, 0.05) is 6.42 Å². The molecule has 0 aliphatic rings. The van der Waals surface area contributed by atoms with Gasteiger partial charge in [0.1, 0.15) is 5.82 Å². The first-order chi connectivity index (χ1) is 11.6. The number of H-pyrrole nitrogens is 2. The highest BCUT2D eigenvalue weighted by atomic mass is 19.1. The fourth-order valence-corrected chi connectivity index (χ4v) is 2.50. The summed E-state index contributed by atoms with van der Waals surface area (Å²) in [6, 6.07) is 10.8. The Morgan fingerprint density at radius 1 is 1.00 bits per heavy atom. The molecule has 0 atom stereocenters. The van der Waals surface area contributed by atoms with Crippen molar-refractivity contribution in [1.82, 2.24) is 10.2 Å². The van der Waals surface area contributed by atoms with Crippen molar-refractivity contribution in [2.45, 2.75) is 12.8 Å². The molecule has 7 heteroatoms. The summed E-state index contributed by atoms with van der Waals surface area (Å²) in [5, 5.41) is 7.36. The molecule has 24 heavy (non-hydrogen) atoms. The largest absolute Gasteiger partial charge is 0.325 e. The van der Waals surface area contributed by atoms with Crippen molar-refractivity contribution in [3.8, 4) is 0 Å². The van der Waals surface area contributed by atoms with E-state index in [1.807, 2.05) is 0 Å². The highest BCUT2D eigenvalue weighted by Crippen LogP contribution is 2.17.